The zero-order valence-corrected chi connectivity index (χ0v) is 14.9. The van der Waals surface area contributed by atoms with Gasteiger partial charge in [-0.3, -0.25) is 5.43 Å². The molecule has 1 aromatic heterocycles. The quantitative estimate of drug-likeness (QED) is 0.549. The predicted octanol–water partition coefficient (Wildman–Crippen LogP) is 2.72. The van der Waals surface area contributed by atoms with Gasteiger partial charge in [0.05, 0.1) is 0 Å². The van der Waals surface area contributed by atoms with Gasteiger partial charge >= 0.3 is 0 Å². The molecular formula is C15H31N7. The summed E-state index contributed by atoms with van der Waals surface area (Å²) in [7, 11) is 0. The Morgan fingerprint density at radius 3 is 1.91 bits per heavy atom. The van der Waals surface area contributed by atoms with Crippen molar-refractivity contribution in [2.45, 2.75) is 54.5 Å². The number of nitrogens with zero attached hydrogens (tertiary/aromatic N) is 3. The zero-order valence-electron chi connectivity index (χ0n) is 14.9. The molecule has 0 bridgehead atoms. The van der Waals surface area contributed by atoms with Crippen LogP contribution in [0, 0.1) is 11.3 Å². The fraction of sp³-hybridized carbons (Fsp3) is 0.800. The lowest BCUT2D eigenvalue weighted by molar-refractivity contribution is 0.441. The normalized spacial score (nSPS) is 11.9. The molecule has 0 spiro atoms. The average Bonchev–Trinajstić information content (AvgIpc) is 2.40. The molecule has 7 heteroatoms. The SMILES string of the molecule is CC(C)CNc1nc(NCC(C)(C)C)nc(NNC(C)C)n1. The summed E-state index contributed by atoms with van der Waals surface area (Å²) >= 11 is 0. The zero-order chi connectivity index (χ0) is 16.8. The highest BCUT2D eigenvalue weighted by molar-refractivity contribution is 5.41. The lowest BCUT2D eigenvalue weighted by Crippen LogP contribution is -2.30. The van der Waals surface area contributed by atoms with E-state index in [2.05, 4.69) is 71.1 Å². The van der Waals surface area contributed by atoms with Crippen LogP contribution in [0.4, 0.5) is 17.8 Å². The minimum Gasteiger partial charge on any atom is -0.354 e. The molecule has 0 radical (unpaired) electrons. The molecule has 0 aliphatic heterocycles. The summed E-state index contributed by atoms with van der Waals surface area (Å²) in [4.78, 5) is 13.2. The molecule has 126 valence electrons. The minimum absolute atomic E-state index is 0.155. The van der Waals surface area contributed by atoms with E-state index in [1.165, 1.54) is 0 Å². The number of rotatable bonds is 8. The Morgan fingerprint density at radius 2 is 1.41 bits per heavy atom. The second-order valence-electron chi connectivity index (χ2n) is 7.42. The van der Waals surface area contributed by atoms with Crippen LogP contribution >= 0.6 is 0 Å². The maximum absolute atomic E-state index is 4.42. The summed E-state index contributed by atoms with van der Waals surface area (Å²) in [5.41, 5.74) is 6.27. The van der Waals surface area contributed by atoms with E-state index >= 15 is 0 Å². The van der Waals surface area contributed by atoms with E-state index in [0.717, 1.165) is 13.1 Å². The molecule has 1 heterocycles. The minimum atomic E-state index is 0.155. The molecule has 1 rings (SSSR count). The lowest BCUT2D eigenvalue weighted by Gasteiger charge is -2.19. The standard InChI is InChI=1S/C15H31N7/c1-10(2)8-16-12-18-13(17-9-15(5,6)7)20-14(19-12)22-21-11(3)4/h10-11,21H,8-9H2,1-7H3,(H3,16,17,18,19,20,22). The highest BCUT2D eigenvalue weighted by Gasteiger charge is 2.12. The van der Waals surface area contributed by atoms with Gasteiger partial charge in [0.15, 0.2) is 0 Å². The van der Waals surface area contributed by atoms with Gasteiger partial charge in [-0.1, -0.05) is 34.6 Å². The van der Waals surface area contributed by atoms with Gasteiger partial charge in [0.25, 0.3) is 0 Å². The first kappa shape index (κ1) is 18.4. The van der Waals surface area contributed by atoms with Crippen molar-refractivity contribution in [3.8, 4) is 0 Å². The molecule has 0 atom stereocenters. The third kappa shape index (κ3) is 7.97. The monoisotopic (exact) mass is 309 g/mol. The van der Waals surface area contributed by atoms with Crippen molar-refractivity contribution in [1.29, 1.82) is 0 Å². The Labute approximate surface area is 134 Å². The summed E-state index contributed by atoms with van der Waals surface area (Å²) < 4.78 is 0. The molecule has 0 saturated carbocycles. The van der Waals surface area contributed by atoms with Crippen LogP contribution in [0.25, 0.3) is 0 Å². The third-order valence-electron chi connectivity index (χ3n) is 2.55. The topological polar surface area (TPSA) is 86.8 Å². The van der Waals surface area contributed by atoms with Crippen LogP contribution in [-0.2, 0) is 0 Å². The Morgan fingerprint density at radius 1 is 0.864 bits per heavy atom. The summed E-state index contributed by atoms with van der Waals surface area (Å²) in [5, 5.41) is 6.51. The van der Waals surface area contributed by atoms with Crippen LogP contribution in [0.2, 0.25) is 0 Å². The third-order valence-corrected chi connectivity index (χ3v) is 2.55. The van der Waals surface area contributed by atoms with Gasteiger partial charge in [-0.2, -0.15) is 15.0 Å². The number of aromatic nitrogens is 3. The second kappa shape index (κ2) is 8.12. The van der Waals surface area contributed by atoms with Crippen molar-refractivity contribution in [3.05, 3.63) is 0 Å². The molecule has 0 amide bonds. The van der Waals surface area contributed by atoms with Gasteiger partial charge in [0.1, 0.15) is 0 Å². The summed E-state index contributed by atoms with van der Waals surface area (Å²) in [6.07, 6.45) is 0. The highest BCUT2D eigenvalue weighted by Crippen LogP contribution is 2.15. The van der Waals surface area contributed by atoms with Crippen LogP contribution in [0.15, 0.2) is 0 Å². The molecule has 0 unspecified atom stereocenters. The van der Waals surface area contributed by atoms with Gasteiger partial charge < -0.3 is 10.6 Å². The van der Waals surface area contributed by atoms with Crippen LogP contribution in [-0.4, -0.2) is 34.1 Å². The molecule has 1 aromatic rings. The number of hydrazine groups is 1. The predicted molar refractivity (Wildman–Crippen MR) is 93.0 cm³/mol. The number of anilines is 3. The van der Waals surface area contributed by atoms with E-state index in [1.807, 2.05) is 13.8 Å². The van der Waals surface area contributed by atoms with Crippen molar-refractivity contribution in [3.63, 3.8) is 0 Å². The molecule has 0 fully saturated rings. The fourth-order valence-corrected chi connectivity index (χ4v) is 1.44. The molecule has 0 aromatic carbocycles. The molecule has 7 nitrogen and oxygen atoms in total. The Balaban J connectivity index is 2.83. The van der Waals surface area contributed by atoms with Gasteiger partial charge in [0, 0.05) is 19.1 Å². The molecule has 4 N–H and O–H groups in total. The molecule has 0 aliphatic carbocycles. The number of hydrogen-bond acceptors (Lipinski definition) is 7. The van der Waals surface area contributed by atoms with Gasteiger partial charge in [0.2, 0.25) is 17.8 Å². The molecule has 0 aliphatic rings. The van der Waals surface area contributed by atoms with Gasteiger partial charge in [-0.05, 0) is 25.2 Å². The molecular weight excluding hydrogens is 278 g/mol. The molecule has 22 heavy (non-hydrogen) atoms. The van der Waals surface area contributed by atoms with Crippen molar-refractivity contribution < 1.29 is 0 Å². The van der Waals surface area contributed by atoms with Crippen LogP contribution in [0.5, 0.6) is 0 Å². The van der Waals surface area contributed by atoms with Crippen LogP contribution in [0.3, 0.4) is 0 Å². The highest BCUT2D eigenvalue weighted by atomic mass is 15.4. The maximum atomic E-state index is 4.42. The van der Waals surface area contributed by atoms with E-state index in [0.29, 0.717) is 23.8 Å². The first-order valence-electron chi connectivity index (χ1n) is 7.91. The average molecular weight is 309 g/mol. The maximum Gasteiger partial charge on any atom is 0.243 e. The van der Waals surface area contributed by atoms with Crippen molar-refractivity contribution in [2.24, 2.45) is 11.3 Å². The van der Waals surface area contributed by atoms with Crippen LogP contribution in [0.1, 0.15) is 48.5 Å². The van der Waals surface area contributed by atoms with E-state index in [1.54, 1.807) is 0 Å². The van der Waals surface area contributed by atoms with Crippen molar-refractivity contribution in [2.75, 3.05) is 29.1 Å². The Hall–Kier alpha value is -1.63. The van der Waals surface area contributed by atoms with Crippen molar-refractivity contribution >= 4 is 17.8 Å². The van der Waals surface area contributed by atoms with E-state index in [-0.39, 0.29) is 11.5 Å². The number of nitrogens with one attached hydrogen (secondary N) is 4. The summed E-state index contributed by atoms with van der Waals surface area (Å²) in [6, 6.07) is 0.287. The summed E-state index contributed by atoms with van der Waals surface area (Å²) in [5.74, 6) is 2.18. The van der Waals surface area contributed by atoms with E-state index in [9.17, 15) is 0 Å². The fourth-order valence-electron chi connectivity index (χ4n) is 1.44. The largest absolute Gasteiger partial charge is 0.354 e. The van der Waals surface area contributed by atoms with Gasteiger partial charge in [-0.15, -0.1) is 0 Å². The summed E-state index contributed by atoms with van der Waals surface area (Å²) in [6.45, 7) is 16.5. The number of hydrogen-bond donors (Lipinski definition) is 4. The molecule has 0 saturated heterocycles. The smallest absolute Gasteiger partial charge is 0.243 e. The first-order valence-corrected chi connectivity index (χ1v) is 7.91. The van der Waals surface area contributed by atoms with Crippen molar-refractivity contribution in [1.82, 2.24) is 20.4 Å². The van der Waals surface area contributed by atoms with Crippen LogP contribution < -0.4 is 21.5 Å². The lowest BCUT2D eigenvalue weighted by atomic mass is 9.97. The first-order chi connectivity index (χ1) is 10.2. The van der Waals surface area contributed by atoms with E-state index < -0.39 is 0 Å². The Bertz CT molecular complexity index is 421. The van der Waals surface area contributed by atoms with E-state index in [4.69, 9.17) is 0 Å². The van der Waals surface area contributed by atoms with Gasteiger partial charge in [-0.25, -0.2) is 5.43 Å². The second-order valence-corrected chi connectivity index (χ2v) is 7.42. The Kier molecular flexibility index (Phi) is 6.80.